The van der Waals surface area contributed by atoms with Gasteiger partial charge in [-0.25, -0.2) is 0 Å². The largest absolute Gasteiger partial charge is 0.277 e. The van der Waals surface area contributed by atoms with Crippen LogP contribution in [0.25, 0.3) is 30.9 Å². The molecule has 19 heavy (non-hydrogen) atoms. The minimum absolute atomic E-state index is 0.0656. The van der Waals surface area contributed by atoms with Gasteiger partial charge < -0.3 is 0 Å². The average molecular weight is 284 g/mol. The second-order valence-electron chi connectivity index (χ2n) is 4.64. The summed E-state index contributed by atoms with van der Waals surface area (Å²) in [4.78, 5) is 24.4. The van der Waals surface area contributed by atoms with Crippen LogP contribution in [0.5, 0.6) is 0 Å². The molecule has 0 aliphatic rings. The Labute approximate surface area is 115 Å². The fraction of sp³-hybridized carbons (Fsp3) is 0.0667. The molecule has 4 heteroatoms. The minimum Gasteiger partial charge on any atom is -0.277 e. The van der Waals surface area contributed by atoms with Gasteiger partial charge >= 0.3 is 0 Å². The van der Waals surface area contributed by atoms with Crippen molar-refractivity contribution in [2.45, 2.75) is 6.92 Å². The number of rotatable bonds is 0. The van der Waals surface area contributed by atoms with Crippen LogP contribution in [-0.4, -0.2) is 0 Å². The lowest BCUT2D eigenvalue weighted by molar-refractivity contribution is 1.53. The second kappa shape index (κ2) is 3.62. The molecule has 0 spiro atoms. The van der Waals surface area contributed by atoms with Crippen LogP contribution in [0.1, 0.15) is 5.56 Å². The Morgan fingerprint density at radius 1 is 0.842 bits per heavy atom. The number of benzene rings is 2. The van der Waals surface area contributed by atoms with Crippen molar-refractivity contribution < 1.29 is 0 Å². The lowest BCUT2D eigenvalue weighted by Gasteiger charge is -2.08. The van der Waals surface area contributed by atoms with E-state index in [1.807, 2.05) is 37.3 Å². The lowest BCUT2D eigenvalue weighted by atomic mass is 10.0. The molecule has 0 radical (unpaired) electrons. The molecule has 0 N–H and O–H groups in total. The molecule has 0 atom stereocenters. The normalized spacial score (nSPS) is 11.8. The summed E-state index contributed by atoms with van der Waals surface area (Å²) in [5.41, 5.74) is 1.02. The highest BCUT2D eigenvalue weighted by atomic mass is 32.1. The first-order valence-electron chi connectivity index (χ1n) is 5.87. The van der Waals surface area contributed by atoms with Crippen molar-refractivity contribution in [3.8, 4) is 0 Å². The zero-order valence-electron chi connectivity index (χ0n) is 10.0. The average Bonchev–Trinajstić information content (AvgIpc) is 2.37. The summed E-state index contributed by atoms with van der Waals surface area (Å²) in [6.07, 6.45) is 0. The summed E-state index contributed by atoms with van der Waals surface area (Å²) in [5.74, 6) is 0. The van der Waals surface area contributed by atoms with Gasteiger partial charge in [0.1, 0.15) is 0 Å². The Bertz CT molecular complexity index is 1060. The van der Waals surface area contributed by atoms with E-state index < -0.39 is 0 Å². The van der Waals surface area contributed by atoms with Gasteiger partial charge in [0.2, 0.25) is 9.48 Å². The van der Waals surface area contributed by atoms with Gasteiger partial charge in [0.25, 0.3) is 0 Å². The molecular formula is C15H8O2S2. The second-order valence-corrected chi connectivity index (χ2v) is 6.67. The summed E-state index contributed by atoms with van der Waals surface area (Å²) in [6.45, 7) is 1.95. The highest BCUT2D eigenvalue weighted by molar-refractivity contribution is 7.19. The molecule has 0 saturated heterocycles. The predicted octanol–water partition coefficient (Wildman–Crippen LogP) is 3.74. The summed E-state index contributed by atoms with van der Waals surface area (Å²) in [5, 5.41) is 3.35. The molecule has 2 aromatic carbocycles. The zero-order valence-corrected chi connectivity index (χ0v) is 11.7. The minimum atomic E-state index is 0.0656. The number of hydrogen-bond donors (Lipinski definition) is 0. The van der Waals surface area contributed by atoms with E-state index in [9.17, 15) is 9.59 Å². The molecule has 2 aromatic heterocycles. The van der Waals surface area contributed by atoms with Crippen LogP contribution in [0.15, 0.2) is 39.9 Å². The maximum Gasteiger partial charge on any atom is 0.240 e. The molecule has 2 heterocycles. The highest BCUT2D eigenvalue weighted by Crippen LogP contribution is 2.34. The van der Waals surface area contributed by atoms with E-state index in [1.54, 1.807) is 0 Å². The number of hydrogen-bond acceptors (Lipinski definition) is 4. The van der Waals surface area contributed by atoms with Crippen molar-refractivity contribution in [1.29, 1.82) is 0 Å². The van der Waals surface area contributed by atoms with E-state index in [4.69, 9.17) is 0 Å². The monoisotopic (exact) mass is 284 g/mol. The van der Waals surface area contributed by atoms with Crippen LogP contribution in [0.3, 0.4) is 0 Å². The van der Waals surface area contributed by atoms with E-state index in [-0.39, 0.29) is 9.48 Å². The molecule has 0 aliphatic carbocycles. The van der Waals surface area contributed by atoms with Gasteiger partial charge in [0.15, 0.2) is 0 Å². The molecular weight excluding hydrogens is 276 g/mol. The van der Waals surface area contributed by atoms with Crippen molar-refractivity contribution in [3.63, 3.8) is 0 Å². The summed E-state index contributed by atoms with van der Waals surface area (Å²) in [6, 6.07) is 9.51. The first-order valence-corrected chi connectivity index (χ1v) is 7.51. The Morgan fingerprint density at radius 3 is 2.37 bits per heavy atom. The topological polar surface area (TPSA) is 34.1 Å². The fourth-order valence-electron chi connectivity index (χ4n) is 2.61. The van der Waals surface area contributed by atoms with Gasteiger partial charge in [-0.05, 0) is 36.8 Å². The smallest absolute Gasteiger partial charge is 0.240 e. The summed E-state index contributed by atoms with van der Waals surface area (Å²) in [7, 11) is 0. The first-order chi connectivity index (χ1) is 9.15. The van der Waals surface area contributed by atoms with Crippen molar-refractivity contribution in [3.05, 3.63) is 55.0 Å². The lowest BCUT2D eigenvalue weighted by Crippen LogP contribution is -2.02. The zero-order chi connectivity index (χ0) is 13.1. The van der Waals surface area contributed by atoms with E-state index in [1.165, 1.54) is 22.7 Å². The SMILES string of the molecule is Cc1cc2sc(=O)c3cccc4sc(=O)c(c1)c2c43. The van der Waals surface area contributed by atoms with Crippen LogP contribution in [0, 0.1) is 6.92 Å². The first kappa shape index (κ1) is 11.1. The third-order valence-electron chi connectivity index (χ3n) is 3.37. The Morgan fingerprint density at radius 2 is 1.53 bits per heavy atom. The molecule has 0 aliphatic heterocycles. The Kier molecular flexibility index (Phi) is 2.11. The van der Waals surface area contributed by atoms with Crippen molar-refractivity contribution in [2.75, 3.05) is 0 Å². The van der Waals surface area contributed by atoms with Gasteiger partial charge in [-0.3, -0.25) is 9.59 Å². The third-order valence-corrected chi connectivity index (χ3v) is 5.28. The molecule has 0 unspecified atom stereocenters. The van der Waals surface area contributed by atoms with Crippen LogP contribution in [0.4, 0.5) is 0 Å². The van der Waals surface area contributed by atoms with Crippen LogP contribution in [-0.2, 0) is 0 Å². The summed E-state index contributed by atoms with van der Waals surface area (Å²) < 4.78 is 1.94. The van der Waals surface area contributed by atoms with Gasteiger partial charge in [0, 0.05) is 30.9 Å². The van der Waals surface area contributed by atoms with Gasteiger partial charge in [-0.2, -0.15) is 0 Å². The Balaban J connectivity index is 2.56. The maximum absolute atomic E-state index is 12.2. The molecule has 2 nitrogen and oxygen atoms in total. The van der Waals surface area contributed by atoms with E-state index >= 15 is 0 Å². The fourth-order valence-corrected chi connectivity index (χ4v) is 4.58. The van der Waals surface area contributed by atoms with E-state index in [2.05, 4.69) is 0 Å². The van der Waals surface area contributed by atoms with Crippen LogP contribution in [0.2, 0.25) is 0 Å². The maximum atomic E-state index is 12.2. The quantitative estimate of drug-likeness (QED) is 0.461. The van der Waals surface area contributed by atoms with E-state index in [0.29, 0.717) is 0 Å². The molecule has 4 rings (SSSR count). The Hall–Kier alpha value is -1.78. The molecule has 0 amide bonds. The van der Waals surface area contributed by atoms with Crippen molar-refractivity contribution in [2.24, 2.45) is 0 Å². The van der Waals surface area contributed by atoms with Crippen molar-refractivity contribution >= 4 is 53.6 Å². The molecule has 0 saturated carbocycles. The molecule has 0 bridgehead atoms. The third kappa shape index (κ3) is 1.41. The van der Waals surface area contributed by atoms with E-state index in [0.717, 1.165) is 36.5 Å². The predicted molar refractivity (Wildman–Crippen MR) is 83.2 cm³/mol. The van der Waals surface area contributed by atoms with Gasteiger partial charge in [-0.15, -0.1) is 0 Å². The van der Waals surface area contributed by atoms with Gasteiger partial charge in [-0.1, -0.05) is 28.7 Å². The van der Waals surface area contributed by atoms with Crippen LogP contribution >= 0.6 is 22.7 Å². The molecule has 0 fully saturated rings. The van der Waals surface area contributed by atoms with Crippen LogP contribution < -0.4 is 9.48 Å². The molecule has 92 valence electrons. The van der Waals surface area contributed by atoms with Gasteiger partial charge in [0.05, 0.1) is 0 Å². The number of aryl methyl sites for hydroxylation is 1. The van der Waals surface area contributed by atoms with Crippen molar-refractivity contribution in [1.82, 2.24) is 0 Å². The standard InChI is InChI=1S/C15H8O2S2/c1-7-5-9-13-11(6-7)19-14(16)8-3-2-4-10(12(8)13)18-15(9)17/h2-6H,1H3. The highest BCUT2D eigenvalue weighted by Gasteiger charge is 2.14. The molecule has 4 aromatic rings. The summed E-state index contributed by atoms with van der Waals surface area (Å²) >= 11 is 2.45.